The van der Waals surface area contributed by atoms with Gasteiger partial charge in [-0.1, -0.05) is 31.5 Å². The Hall–Kier alpha value is -2.16. The highest BCUT2D eigenvalue weighted by atomic mass is 32.2. The van der Waals surface area contributed by atoms with Crippen LogP contribution >= 0.6 is 11.8 Å². The number of carbonyl (C=O) groups excluding carboxylic acids is 3. The lowest BCUT2D eigenvalue weighted by Crippen LogP contribution is -2.48. The Morgan fingerprint density at radius 1 is 1.14 bits per heavy atom. The molecule has 0 spiro atoms. The molecule has 1 aliphatic carbocycles. The summed E-state index contributed by atoms with van der Waals surface area (Å²) in [7, 11) is 0. The van der Waals surface area contributed by atoms with Crippen molar-refractivity contribution in [2.24, 2.45) is 5.92 Å². The number of hydrogen-bond acceptors (Lipinski definition) is 7. The Morgan fingerprint density at radius 2 is 1.79 bits per heavy atom. The number of aromatic nitrogens is 2. The highest BCUT2D eigenvalue weighted by molar-refractivity contribution is 7.98. The van der Waals surface area contributed by atoms with Crippen LogP contribution in [0.15, 0.2) is 5.16 Å². The van der Waals surface area contributed by atoms with Gasteiger partial charge < -0.3 is 10.1 Å². The van der Waals surface area contributed by atoms with Crippen LogP contribution in [0.2, 0.25) is 0 Å². The fourth-order valence-corrected chi connectivity index (χ4v) is 3.96. The number of imide groups is 1. The Labute approximate surface area is 176 Å². The van der Waals surface area contributed by atoms with Gasteiger partial charge in [-0.25, -0.2) is 14.8 Å². The van der Waals surface area contributed by atoms with E-state index in [0.29, 0.717) is 17.5 Å². The summed E-state index contributed by atoms with van der Waals surface area (Å²) < 4.78 is 4.99. The van der Waals surface area contributed by atoms with Gasteiger partial charge in [-0.3, -0.25) is 14.9 Å². The first-order valence-electron chi connectivity index (χ1n) is 9.94. The van der Waals surface area contributed by atoms with Crippen molar-refractivity contribution in [1.82, 2.24) is 20.6 Å². The Kier molecular flexibility index (Phi) is 8.88. The fraction of sp³-hybridized carbons (Fsp3) is 0.650. The van der Waals surface area contributed by atoms with Crippen LogP contribution < -0.4 is 10.6 Å². The molecule has 8 nitrogen and oxygen atoms in total. The van der Waals surface area contributed by atoms with Crippen LogP contribution in [0.4, 0.5) is 4.79 Å². The first-order valence-corrected chi connectivity index (χ1v) is 11.2. The topological polar surface area (TPSA) is 110 Å². The molecule has 1 aromatic heterocycles. The molecule has 1 aromatic rings. The van der Waals surface area contributed by atoms with Crippen LogP contribution in [0.5, 0.6) is 0 Å². The maximum absolute atomic E-state index is 12.0. The summed E-state index contributed by atoms with van der Waals surface area (Å²) in [5.74, 6) is -0.753. The number of aryl methyl sites for hydroxylation is 2. The van der Waals surface area contributed by atoms with E-state index < -0.39 is 24.5 Å². The highest BCUT2D eigenvalue weighted by Crippen LogP contribution is 2.23. The molecule has 29 heavy (non-hydrogen) atoms. The molecule has 9 heteroatoms. The molecule has 2 unspecified atom stereocenters. The molecular weight excluding hydrogens is 392 g/mol. The monoisotopic (exact) mass is 422 g/mol. The lowest BCUT2D eigenvalue weighted by molar-refractivity contribution is -0.148. The number of carbonyl (C=O) groups is 3. The van der Waals surface area contributed by atoms with E-state index in [1.807, 2.05) is 20.1 Å². The molecule has 1 heterocycles. The zero-order valence-electron chi connectivity index (χ0n) is 17.5. The van der Waals surface area contributed by atoms with Crippen molar-refractivity contribution >= 4 is 29.7 Å². The van der Waals surface area contributed by atoms with Crippen molar-refractivity contribution in [2.45, 2.75) is 70.5 Å². The van der Waals surface area contributed by atoms with Crippen LogP contribution in [0.25, 0.3) is 0 Å². The number of thioether (sulfide) groups is 1. The van der Waals surface area contributed by atoms with Crippen molar-refractivity contribution in [3.8, 4) is 0 Å². The molecule has 3 amide bonds. The largest absolute Gasteiger partial charge is 0.456 e. The summed E-state index contributed by atoms with van der Waals surface area (Å²) >= 11 is 1.47. The van der Waals surface area contributed by atoms with Crippen LogP contribution in [-0.2, 0) is 20.7 Å². The Morgan fingerprint density at radius 3 is 2.41 bits per heavy atom. The molecule has 0 radical (unpaired) electrons. The minimum Gasteiger partial charge on any atom is -0.456 e. The summed E-state index contributed by atoms with van der Waals surface area (Å²) in [5.41, 5.74) is 2.58. The van der Waals surface area contributed by atoms with E-state index in [1.165, 1.54) is 18.2 Å². The summed E-state index contributed by atoms with van der Waals surface area (Å²) in [6, 6.07) is -0.465. The number of urea groups is 1. The van der Waals surface area contributed by atoms with E-state index in [9.17, 15) is 14.4 Å². The summed E-state index contributed by atoms with van der Waals surface area (Å²) in [4.78, 5) is 44.5. The third-order valence-electron chi connectivity index (χ3n) is 5.21. The number of ether oxygens (including phenoxy) is 1. The van der Waals surface area contributed by atoms with Crippen LogP contribution in [-0.4, -0.2) is 46.8 Å². The summed E-state index contributed by atoms with van der Waals surface area (Å²) in [6.07, 6.45) is 6.69. The molecule has 160 valence electrons. The minimum atomic E-state index is -0.640. The van der Waals surface area contributed by atoms with E-state index >= 15 is 0 Å². The molecule has 0 saturated heterocycles. The van der Waals surface area contributed by atoms with Gasteiger partial charge >= 0.3 is 12.0 Å². The van der Waals surface area contributed by atoms with Crippen molar-refractivity contribution in [2.75, 3.05) is 12.9 Å². The van der Waals surface area contributed by atoms with Crippen molar-refractivity contribution in [3.05, 3.63) is 17.0 Å². The zero-order chi connectivity index (χ0) is 21.4. The summed E-state index contributed by atoms with van der Waals surface area (Å²) in [6.45, 7) is 5.38. The number of rotatable bonds is 7. The molecule has 0 aliphatic heterocycles. The van der Waals surface area contributed by atoms with E-state index in [4.69, 9.17) is 4.74 Å². The molecule has 1 aliphatic rings. The lowest BCUT2D eigenvalue weighted by atomic mass is 9.86. The maximum Gasteiger partial charge on any atom is 0.321 e. The number of esters is 1. The Bertz CT molecular complexity index is 733. The normalized spacial score (nSPS) is 18.8. The third kappa shape index (κ3) is 7.30. The quantitative estimate of drug-likeness (QED) is 0.395. The molecule has 2 atom stereocenters. The van der Waals surface area contributed by atoms with Crippen LogP contribution in [0.1, 0.15) is 56.0 Å². The smallest absolute Gasteiger partial charge is 0.321 e. The van der Waals surface area contributed by atoms with Gasteiger partial charge in [0.1, 0.15) is 0 Å². The van der Waals surface area contributed by atoms with Crippen molar-refractivity contribution in [3.63, 3.8) is 0 Å². The van der Waals surface area contributed by atoms with Crippen LogP contribution in [0, 0.1) is 19.8 Å². The third-order valence-corrected chi connectivity index (χ3v) is 5.75. The van der Waals surface area contributed by atoms with Gasteiger partial charge in [0.05, 0.1) is 0 Å². The van der Waals surface area contributed by atoms with Gasteiger partial charge in [0.2, 0.25) is 0 Å². The van der Waals surface area contributed by atoms with E-state index in [2.05, 4.69) is 27.5 Å². The molecule has 0 aromatic carbocycles. The predicted octanol–water partition coefficient (Wildman–Crippen LogP) is 2.70. The van der Waals surface area contributed by atoms with Gasteiger partial charge in [0.15, 0.2) is 11.8 Å². The van der Waals surface area contributed by atoms with E-state index in [-0.39, 0.29) is 12.5 Å². The van der Waals surface area contributed by atoms with E-state index in [0.717, 1.165) is 36.2 Å². The van der Waals surface area contributed by atoms with Gasteiger partial charge in [-0.2, -0.15) is 0 Å². The fourth-order valence-electron chi connectivity index (χ4n) is 3.50. The second-order valence-corrected chi connectivity index (χ2v) is 8.18. The first-order chi connectivity index (χ1) is 13.8. The van der Waals surface area contributed by atoms with Crippen molar-refractivity contribution in [1.29, 1.82) is 0 Å². The second kappa shape index (κ2) is 11.1. The molecule has 0 bridgehead atoms. The van der Waals surface area contributed by atoms with Crippen molar-refractivity contribution < 1.29 is 19.1 Å². The van der Waals surface area contributed by atoms with Gasteiger partial charge in [-0.15, -0.1) is 0 Å². The molecule has 1 saturated carbocycles. The van der Waals surface area contributed by atoms with Gasteiger partial charge in [0, 0.05) is 23.9 Å². The number of nitrogens with zero attached hydrogens (tertiary/aromatic N) is 2. The zero-order valence-corrected chi connectivity index (χ0v) is 18.4. The average molecular weight is 423 g/mol. The van der Waals surface area contributed by atoms with E-state index in [1.54, 1.807) is 0 Å². The standard InChI is InChI=1S/C20H30N4O4S/c1-12-7-5-6-8-16(12)23-19(27)24-17(25)11-28-18(26)10-9-15-13(2)21-20(29-4)22-14(15)3/h12,16H,5-11H2,1-4H3,(H2,23,24,25,27). The Balaban J connectivity index is 1.72. The number of nitrogens with one attached hydrogen (secondary N) is 2. The summed E-state index contributed by atoms with van der Waals surface area (Å²) in [5, 5.41) is 5.75. The average Bonchev–Trinajstić information content (AvgIpc) is 2.67. The molecule has 2 rings (SSSR count). The highest BCUT2D eigenvalue weighted by Gasteiger charge is 2.23. The molecular formula is C20H30N4O4S. The SMILES string of the molecule is CSc1nc(C)c(CCC(=O)OCC(=O)NC(=O)NC2CCCCC2C)c(C)n1. The minimum absolute atomic E-state index is 0.0743. The van der Waals surface area contributed by atoms with Crippen LogP contribution in [0.3, 0.4) is 0 Å². The second-order valence-electron chi connectivity index (χ2n) is 7.41. The molecule has 1 fully saturated rings. The van der Waals surface area contributed by atoms with Gasteiger partial charge in [0.25, 0.3) is 5.91 Å². The lowest BCUT2D eigenvalue weighted by Gasteiger charge is -2.29. The van der Waals surface area contributed by atoms with Gasteiger partial charge in [-0.05, 0) is 50.8 Å². The number of hydrogen-bond donors (Lipinski definition) is 2. The molecule has 2 N–H and O–H groups in total. The predicted molar refractivity (Wildman–Crippen MR) is 111 cm³/mol. The maximum atomic E-state index is 12.0. The first kappa shape index (κ1) is 23.1. The number of amides is 3.